The Balaban J connectivity index is 1.82. The summed E-state index contributed by atoms with van der Waals surface area (Å²) in [5.41, 5.74) is 4.69. The predicted molar refractivity (Wildman–Crippen MR) is 82.2 cm³/mol. The molecule has 0 fully saturated rings. The van der Waals surface area contributed by atoms with Gasteiger partial charge in [-0.2, -0.15) is 4.98 Å². The van der Waals surface area contributed by atoms with E-state index in [0.717, 1.165) is 35.7 Å². The van der Waals surface area contributed by atoms with Gasteiger partial charge >= 0.3 is 5.69 Å². The third kappa shape index (κ3) is 2.96. The van der Waals surface area contributed by atoms with Crippen molar-refractivity contribution in [2.75, 3.05) is 0 Å². The van der Waals surface area contributed by atoms with E-state index in [1.807, 2.05) is 0 Å². The first-order valence-corrected chi connectivity index (χ1v) is 8.01. The minimum atomic E-state index is -0.211. The average molecular weight is 286 g/mol. The van der Waals surface area contributed by atoms with Gasteiger partial charge in [0.15, 0.2) is 0 Å². The summed E-state index contributed by atoms with van der Waals surface area (Å²) in [5, 5.41) is 0.920. The monoisotopic (exact) mass is 286 g/mol. The molecule has 0 saturated carbocycles. The zero-order valence-electron chi connectivity index (χ0n) is 11.6. The van der Waals surface area contributed by atoms with Gasteiger partial charge in [-0.1, -0.05) is 29.8 Å². The van der Waals surface area contributed by atoms with Crippen molar-refractivity contribution < 1.29 is 0 Å². The fourth-order valence-electron chi connectivity index (χ4n) is 2.55. The van der Waals surface area contributed by atoms with E-state index in [1.54, 1.807) is 11.8 Å². The second kappa shape index (κ2) is 5.83. The standard InChI is InChI=1S/C16H18N2OS/c1-11-6-8-12(9-7-11)10-20-15-13-4-2-3-5-14(13)17-16(19)18-15/h6-9H,2-5,10H2,1H3,(H,17,18,19). The lowest BCUT2D eigenvalue weighted by atomic mass is 9.98. The summed E-state index contributed by atoms with van der Waals surface area (Å²) >= 11 is 1.68. The maximum Gasteiger partial charge on any atom is 0.346 e. The molecule has 20 heavy (non-hydrogen) atoms. The molecule has 1 N–H and O–H groups in total. The Labute approximate surface area is 122 Å². The molecule has 1 heterocycles. The van der Waals surface area contributed by atoms with E-state index in [0.29, 0.717) is 0 Å². The van der Waals surface area contributed by atoms with E-state index < -0.39 is 0 Å². The molecule has 1 aliphatic carbocycles. The summed E-state index contributed by atoms with van der Waals surface area (Å²) in [7, 11) is 0. The van der Waals surface area contributed by atoms with Gasteiger partial charge in [-0.25, -0.2) is 4.79 Å². The predicted octanol–water partition coefficient (Wildman–Crippen LogP) is 3.25. The molecular formula is C16H18N2OS. The number of benzene rings is 1. The smallest absolute Gasteiger partial charge is 0.309 e. The molecule has 0 bridgehead atoms. The van der Waals surface area contributed by atoms with Crippen LogP contribution in [0, 0.1) is 6.92 Å². The number of aromatic amines is 1. The van der Waals surface area contributed by atoms with Crippen molar-refractivity contribution in [3.8, 4) is 0 Å². The number of hydrogen-bond acceptors (Lipinski definition) is 3. The molecule has 0 amide bonds. The highest BCUT2D eigenvalue weighted by atomic mass is 32.2. The third-order valence-corrected chi connectivity index (χ3v) is 4.77. The number of aryl methyl sites for hydroxylation is 2. The second-order valence-electron chi connectivity index (χ2n) is 5.29. The molecule has 0 saturated heterocycles. The number of fused-ring (bicyclic) bond motifs is 1. The summed E-state index contributed by atoms with van der Waals surface area (Å²) in [6.45, 7) is 2.09. The summed E-state index contributed by atoms with van der Waals surface area (Å²) in [6.07, 6.45) is 4.37. The molecule has 2 aromatic rings. The molecule has 3 rings (SSSR count). The van der Waals surface area contributed by atoms with Crippen LogP contribution < -0.4 is 5.69 Å². The summed E-state index contributed by atoms with van der Waals surface area (Å²) < 4.78 is 0. The first kappa shape index (κ1) is 13.4. The van der Waals surface area contributed by atoms with Crippen LogP contribution in [0.1, 0.15) is 35.2 Å². The Bertz CT molecular complexity index is 661. The van der Waals surface area contributed by atoms with Crippen LogP contribution in [0.2, 0.25) is 0 Å². The summed E-state index contributed by atoms with van der Waals surface area (Å²) in [4.78, 5) is 18.7. The van der Waals surface area contributed by atoms with E-state index in [-0.39, 0.29) is 5.69 Å². The Hall–Kier alpha value is -1.55. The molecule has 0 radical (unpaired) electrons. The topological polar surface area (TPSA) is 45.8 Å². The normalized spacial score (nSPS) is 14.1. The highest BCUT2D eigenvalue weighted by molar-refractivity contribution is 7.98. The maximum absolute atomic E-state index is 11.6. The molecule has 4 heteroatoms. The van der Waals surface area contributed by atoms with Gasteiger partial charge in [-0.05, 0) is 38.2 Å². The molecule has 0 spiro atoms. The largest absolute Gasteiger partial charge is 0.346 e. The van der Waals surface area contributed by atoms with Crippen molar-refractivity contribution in [2.24, 2.45) is 0 Å². The van der Waals surface area contributed by atoms with E-state index in [1.165, 1.54) is 23.1 Å². The van der Waals surface area contributed by atoms with E-state index in [9.17, 15) is 4.79 Å². The van der Waals surface area contributed by atoms with Gasteiger partial charge in [0, 0.05) is 17.0 Å². The molecule has 0 unspecified atom stereocenters. The number of rotatable bonds is 3. The van der Waals surface area contributed by atoms with Crippen LogP contribution in [0.4, 0.5) is 0 Å². The molecule has 1 aromatic heterocycles. The molecule has 3 nitrogen and oxygen atoms in total. The number of thioether (sulfide) groups is 1. The fraction of sp³-hybridized carbons (Fsp3) is 0.375. The SMILES string of the molecule is Cc1ccc(CSc2nc(=O)[nH]c3c2CCCC3)cc1. The molecular weight excluding hydrogens is 268 g/mol. The number of nitrogens with one attached hydrogen (secondary N) is 1. The van der Waals surface area contributed by atoms with Crippen LogP contribution in [0.5, 0.6) is 0 Å². The zero-order chi connectivity index (χ0) is 13.9. The van der Waals surface area contributed by atoms with Crippen LogP contribution in [0.25, 0.3) is 0 Å². The van der Waals surface area contributed by atoms with E-state index in [2.05, 4.69) is 41.2 Å². The molecule has 1 aromatic carbocycles. The van der Waals surface area contributed by atoms with Crippen LogP contribution >= 0.6 is 11.8 Å². The van der Waals surface area contributed by atoms with Gasteiger partial charge in [0.05, 0.1) is 0 Å². The first-order valence-electron chi connectivity index (χ1n) is 7.03. The molecule has 0 aliphatic heterocycles. The lowest BCUT2D eigenvalue weighted by molar-refractivity contribution is 0.639. The van der Waals surface area contributed by atoms with Crippen molar-refractivity contribution in [1.29, 1.82) is 0 Å². The number of hydrogen-bond donors (Lipinski definition) is 1. The van der Waals surface area contributed by atoms with Gasteiger partial charge in [-0.15, -0.1) is 11.8 Å². The molecule has 0 atom stereocenters. The minimum absolute atomic E-state index is 0.211. The second-order valence-corrected chi connectivity index (χ2v) is 6.25. The van der Waals surface area contributed by atoms with Gasteiger partial charge in [-0.3, -0.25) is 0 Å². The van der Waals surface area contributed by atoms with Crippen molar-refractivity contribution in [1.82, 2.24) is 9.97 Å². The van der Waals surface area contributed by atoms with Crippen molar-refractivity contribution in [2.45, 2.75) is 43.4 Å². The van der Waals surface area contributed by atoms with Gasteiger partial charge in [0.25, 0.3) is 0 Å². The van der Waals surface area contributed by atoms with Gasteiger partial charge < -0.3 is 4.98 Å². The lowest BCUT2D eigenvalue weighted by Gasteiger charge is -2.17. The minimum Gasteiger partial charge on any atom is -0.309 e. The Kier molecular flexibility index (Phi) is 3.92. The number of nitrogens with zero attached hydrogens (tertiary/aromatic N) is 1. The molecule has 1 aliphatic rings. The van der Waals surface area contributed by atoms with Crippen LogP contribution in [0.15, 0.2) is 34.1 Å². The fourth-order valence-corrected chi connectivity index (χ4v) is 3.59. The van der Waals surface area contributed by atoms with Crippen molar-refractivity contribution in [3.05, 3.63) is 57.1 Å². The lowest BCUT2D eigenvalue weighted by Crippen LogP contribution is -2.19. The Morgan fingerprint density at radius 1 is 1.20 bits per heavy atom. The quantitative estimate of drug-likeness (QED) is 0.696. The van der Waals surface area contributed by atoms with Crippen molar-refractivity contribution >= 4 is 11.8 Å². The van der Waals surface area contributed by atoms with Gasteiger partial charge in [0.1, 0.15) is 5.03 Å². The summed E-state index contributed by atoms with van der Waals surface area (Å²) in [5.74, 6) is 0.864. The Morgan fingerprint density at radius 2 is 1.95 bits per heavy atom. The highest BCUT2D eigenvalue weighted by Gasteiger charge is 2.16. The highest BCUT2D eigenvalue weighted by Crippen LogP contribution is 2.29. The zero-order valence-corrected chi connectivity index (χ0v) is 12.4. The van der Waals surface area contributed by atoms with Gasteiger partial charge in [0.2, 0.25) is 0 Å². The Morgan fingerprint density at radius 3 is 2.75 bits per heavy atom. The van der Waals surface area contributed by atoms with Crippen LogP contribution in [-0.4, -0.2) is 9.97 Å². The summed E-state index contributed by atoms with van der Waals surface area (Å²) in [6, 6.07) is 8.52. The van der Waals surface area contributed by atoms with Crippen molar-refractivity contribution in [3.63, 3.8) is 0 Å². The average Bonchev–Trinajstić information content (AvgIpc) is 2.46. The maximum atomic E-state index is 11.6. The molecule has 104 valence electrons. The number of H-pyrrole nitrogens is 1. The number of aromatic nitrogens is 2. The first-order chi connectivity index (χ1) is 9.72. The third-order valence-electron chi connectivity index (χ3n) is 3.68. The van der Waals surface area contributed by atoms with Crippen LogP contribution in [-0.2, 0) is 18.6 Å². The van der Waals surface area contributed by atoms with E-state index in [4.69, 9.17) is 0 Å². The van der Waals surface area contributed by atoms with Crippen LogP contribution in [0.3, 0.4) is 0 Å². The van der Waals surface area contributed by atoms with E-state index >= 15 is 0 Å².